The van der Waals surface area contributed by atoms with Crippen molar-refractivity contribution in [1.29, 1.82) is 0 Å². The van der Waals surface area contributed by atoms with Crippen LogP contribution >= 0.6 is 0 Å². The fraction of sp³-hybridized carbons (Fsp3) is 0.391. The first-order valence-corrected chi connectivity index (χ1v) is 9.72. The summed E-state index contributed by atoms with van der Waals surface area (Å²) in [5.41, 5.74) is 2.59. The zero-order valence-corrected chi connectivity index (χ0v) is 18.3. The van der Waals surface area contributed by atoms with Crippen LogP contribution in [0.3, 0.4) is 0 Å². The van der Waals surface area contributed by atoms with Crippen LogP contribution in [0.25, 0.3) is 0 Å². The van der Waals surface area contributed by atoms with Gasteiger partial charge in [0.05, 0.1) is 20.8 Å². The number of ether oxygens (including phenoxy) is 4. The van der Waals surface area contributed by atoms with E-state index in [9.17, 15) is 4.79 Å². The van der Waals surface area contributed by atoms with E-state index in [1.807, 2.05) is 55.3 Å². The highest BCUT2D eigenvalue weighted by Crippen LogP contribution is 2.27. The largest absolute Gasteiger partial charge is 0.493 e. The van der Waals surface area contributed by atoms with Gasteiger partial charge in [0.25, 0.3) is 11.9 Å². The maximum atomic E-state index is 12.6. The molecule has 0 saturated heterocycles. The molecule has 0 aliphatic carbocycles. The summed E-state index contributed by atoms with van der Waals surface area (Å²) in [6.07, 6.45) is 0.710. The van der Waals surface area contributed by atoms with E-state index < -0.39 is 0 Å². The van der Waals surface area contributed by atoms with Crippen molar-refractivity contribution in [3.05, 3.63) is 59.2 Å². The smallest absolute Gasteiger partial charge is 0.295 e. The summed E-state index contributed by atoms with van der Waals surface area (Å²) < 4.78 is 21.4. The van der Waals surface area contributed by atoms with Crippen LogP contribution in [0.15, 0.2) is 47.5 Å². The third-order valence-corrected chi connectivity index (χ3v) is 4.49. The first-order chi connectivity index (χ1) is 14.5. The van der Waals surface area contributed by atoms with Gasteiger partial charge >= 0.3 is 0 Å². The number of likely N-dealkylation sites (N-methyl/N-ethyl adjacent to an activating group) is 1. The van der Waals surface area contributed by atoms with Crippen molar-refractivity contribution in [2.24, 2.45) is 4.99 Å². The molecule has 0 radical (unpaired) electrons. The Labute approximate surface area is 178 Å². The Kier molecular flexibility index (Phi) is 9.15. The molecule has 2 aromatic rings. The van der Waals surface area contributed by atoms with E-state index in [1.54, 1.807) is 27.4 Å². The molecule has 1 amide bonds. The minimum absolute atomic E-state index is 0.263. The Bertz CT molecular complexity index is 866. The zero-order valence-electron chi connectivity index (χ0n) is 18.3. The highest BCUT2D eigenvalue weighted by molar-refractivity contribution is 6.01. The quantitative estimate of drug-likeness (QED) is 0.356. The van der Waals surface area contributed by atoms with Gasteiger partial charge in [-0.05, 0) is 43.2 Å². The molecule has 7 heteroatoms. The number of aliphatic imine (C=N–C) groups is 1. The van der Waals surface area contributed by atoms with Gasteiger partial charge in [-0.3, -0.25) is 4.79 Å². The van der Waals surface area contributed by atoms with Gasteiger partial charge in [0.2, 0.25) is 0 Å². The van der Waals surface area contributed by atoms with E-state index in [0.717, 1.165) is 11.1 Å². The molecule has 2 rings (SSSR count). The van der Waals surface area contributed by atoms with Crippen LogP contribution in [0.5, 0.6) is 11.5 Å². The number of hydrogen-bond donors (Lipinski definition) is 0. The van der Waals surface area contributed by atoms with Crippen LogP contribution in [0.2, 0.25) is 0 Å². The molecule has 0 bridgehead atoms. The van der Waals surface area contributed by atoms with E-state index in [0.29, 0.717) is 43.2 Å². The molecule has 0 fully saturated rings. The van der Waals surface area contributed by atoms with Crippen molar-refractivity contribution in [1.82, 2.24) is 4.90 Å². The Morgan fingerprint density at radius 1 is 1.00 bits per heavy atom. The van der Waals surface area contributed by atoms with Crippen LogP contribution in [-0.4, -0.2) is 65.0 Å². The summed E-state index contributed by atoms with van der Waals surface area (Å²) in [7, 11) is 6.66. The molecule has 0 saturated carbocycles. The molecule has 30 heavy (non-hydrogen) atoms. The Morgan fingerprint density at radius 2 is 1.77 bits per heavy atom. The molecule has 2 aromatic carbocycles. The lowest BCUT2D eigenvalue weighted by molar-refractivity contribution is 0.0984. The lowest BCUT2D eigenvalue weighted by Gasteiger charge is -2.21. The van der Waals surface area contributed by atoms with E-state index in [2.05, 4.69) is 4.99 Å². The molecule has 0 heterocycles. The number of nitrogens with zero attached hydrogens (tertiary/aromatic N) is 2. The lowest BCUT2D eigenvalue weighted by atomic mass is 10.1. The van der Waals surface area contributed by atoms with E-state index in [4.69, 9.17) is 18.9 Å². The summed E-state index contributed by atoms with van der Waals surface area (Å²) in [5.74, 6) is 1.02. The number of amides is 1. The van der Waals surface area contributed by atoms with Crippen molar-refractivity contribution in [2.75, 3.05) is 48.1 Å². The second kappa shape index (κ2) is 11.8. The van der Waals surface area contributed by atoms with Crippen LogP contribution in [-0.2, 0) is 15.9 Å². The number of hydrogen-bond acceptors (Lipinski definition) is 5. The molecule has 7 nitrogen and oxygen atoms in total. The highest BCUT2D eigenvalue weighted by atomic mass is 16.5. The maximum absolute atomic E-state index is 12.6. The molecular formula is C23H30N2O5. The predicted octanol–water partition coefficient (Wildman–Crippen LogP) is 3.35. The van der Waals surface area contributed by atoms with Gasteiger partial charge in [-0.25, -0.2) is 0 Å². The summed E-state index contributed by atoms with van der Waals surface area (Å²) in [6.45, 7) is 3.24. The Balaban J connectivity index is 2.12. The van der Waals surface area contributed by atoms with Crippen molar-refractivity contribution >= 4 is 11.9 Å². The van der Waals surface area contributed by atoms with Gasteiger partial charge in [0.15, 0.2) is 11.5 Å². The second-order valence-electron chi connectivity index (χ2n) is 6.77. The number of methoxy groups -OCH3 is 3. The predicted molar refractivity (Wildman–Crippen MR) is 117 cm³/mol. The molecule has 0 N–H and O–H groups in total. The fourth-order valence-electron chi connectivity index (χ4n) is 2.80. The third kappa shape index (κ3) is 6.77. The Morgan fingerprint density at radius 3 is 2.43 bits per heavy atom. The van der Waals surface area contributed by atoms with E-state index >= 15 is 0 Å². The van der Waals surface area contributed by atoms with Crippen molar-refractivity contribution in [3.63, 3.8) is 0 Å². The molecule has 0 unspecified atom stereocenters. The number of aryl methyl sites for hydroxylation is 1. The number of carbonyl (C=O) groups is 1. The molecule has 0 aliphatic heterocycles. The summed E-state index contributed by atoms with van der Waals surface area (Å²) >= 11 is 0. The number of amidine groups is 1. The lowest BCUT2D eigenvalue weighted by Crippen LogP contribution is -2.32. The van der Waals surface area contributed by atoms with Gasteiger partial charge in [-0.15, -0.1) is 0 Å². The molecule has 0 atom stereocenters. The number of carbonyl (C=O) groups excluding carboxylic acids is 1. The average molecular weight is 415 g/mol. The maximum Gasteiger partial charge on any atom is 0.295 e. The molecule has 162 valence electrons. The van der Waals surface area contributed by atoms with E-state index in [-0.39, 0.29) is 11.9 Å². The van der Waals surface area contributed by atoms with Crippen molar-refractivity contribution in [2.45, 2.75) is 13.3 Å². The molecular weight excluding hydrogens is 384 g/mol. The van der Waals surface area contributed by atoms with Gasteiger partial charge in [-0.1, -0.05) is 23.8 Å². The average Bonchev–Trinajstić information content (AvgIpc) is 2.76. The summed E-state index contributed by atoms with van der Waals surface area (Å²) in [5, 5.41) is 0. The fourth-order valence-corrected chi connectivity index (χ4v) is 2.80. The Hall–Kier alpha value is -3.06. The molecule has 0 aliphatic rings. The highest BCUT2D eigenvalue weighted by Gasteiger charge is 2.14. The van der Waals surface area contributed by atoms with Gasteiger partial charge in [0, 0.05) is 26.3 Å². The summed E-state index contributed by atoms with van der Waals surface area (Å²) in [4.78, 5) is 18.7. The van der Waals surface area contributed by atoms with Gasteiger partial charge < -0.3 is 23.8 Å². The minimum atomic E-state index is -0.343. The minimum Gasteiger partial charge on any atom is -0.493 e. The monoisotopic (exact) mass is 414 g/mol. The standard InChI is InChI=1S/C23H30N2O5/c1-17-7-6-8-19(15-17)22(26)24-23(30-14-13-27-3)25(2)12-11-18-9-10-20(28-4)21(16-18)29-5/h6-10,15-16H,11-14H2,1-5H3. The van der Waals surface area contributed by atoms with Crippen LogP contribution in [0.1, 0.15) is 21.5 Å². The van der Waals surface area contributed by atoms with Crippen LogP contribution < -0.4 is 9.47 Å². The number of benzene rings is 2. The topological polar surface area (TPSA) is 69.6 Å². The van der Waals surface area contributed by atoms with E-state index in [1.165, 1.54) is 0 Å². The van der Waals surface area contributed by atoms with Crippen molar-refractivity contribution in [3.8, 4) is 11.5 Å². The molecule has 0 aromatic heterocycles. The first kappa shape index (κ1) is 23.2. The molecule has 0 spiro atoms. The van der Waals surface area contributed by atoms with Crippen LogP contribution in [0.4, 0.5) is 0 Å². The summed E-state index contributed by atoms with van der Waals surface area (Å²) in [6, 6.07) is 13.4. The second-order valence-corrected chi connectivity index (χ2v) is 6.77. The van der Waals surface area contributed by atoms with Crippen LogP contribution in [0, 0.1) is 6.92 Å². The normalized spacial score (nSPS) is 11.2. The zero-order chi connectivity index (χ0) is 21.9. The van der Waals surface area contributed by atoms with Gasteiger partial charge in [-0.2, -0.15) is 4.99 Å². The van der Waals surface area contributed by atoms with Crippen molar-refractivity contribution < 1.29 is 23.7 Å². The number of rotatable bonds is 9. The van der Waals surface area contributed by atoms with Gasteiger partial charge in [0.1, 0.15) is 6.61 Å². The first-order valence-electron chi connectivity index (χ1n) is 9.72. The third-order valence-electron chi connectivity index (χ3n) is 4.49. The SMILES string of the molecule is COCCOC(=NC(=O)c1cccc(C)c1)N(C)CCc1ccc(OC)c(OC)c1.